The highest BCUT2D eigenvalue weighted by atomic mass is 16.3. The second-order valence-electron chi connectivity index (χ2n) is 6.69. The second-order valence-corrected chi connectivity index (χ2v) is 6.69. The van der Waals surface area contributed by atoms with Gasteiger partial charge in [0.05, 0.1) is 11.3 Å². The van der Waals surface area contributed by atoms with E-state index < -0.39 is 5.60 Å². The zero-order chi connectivity index (χ0) is 14.6. The van der Waals surface area contributed by atoms with Gasteiger partial charge in [-0.15, -0.1) is 0 Å². The fourth-order valence-electron chi connectivity index (χ4n) is 3.10. The van der Waals surface area contributed by atoms with Crippen molar-refractivity contribution < 1.29 is 5.11 Å². The summed E-state index contributed by atoms with van der Waals surface area (Å²) in [7, 11) is 0. The first-order valence-corrected chi connectivity index (χ1v) is 7.51. The molecule has 0 aliphatic carbocycles. The molecule has 3 heteroatoms. The lowest BCUT2D eigenvalue weighted by Crippen LogP contribution is -2.35. The molecule has 0 saturated carbocycles. The molecule has 110 valence electrons. The van der Waals surface area contributed by atoms with Gasteiger partial charge in [0.25, 0.3) is 0 Å². The molecule has 1 N–H and O–H groups in total. The highest BCUT2D eigenvalue weighted by Gasteiger charge is 2.30. The Morgan fingerprint density at radius 3 is 2.16 bits per heavy atom. The molecule has 0 aromatic carbocycles. The quantitative estimate of drug-likeness (QED) is 0.819. The van der Waals surface area contributed by atoms with Crippen LogP contribution in [0.4, 0.5) is 0 Å². The maximum Gasteiger partial charge on any atom is 0.0707 e. The van der Waals surface area contributed by atoms with Crippen molar-refractivity contribution >= 4 is 0 Å². The molecule has 0 bridgehead atoms. The molecule has 0 spiro atoms. The Balaban J connectivity index is 2.92. The lowest BCUT2D eigenvalue weighted by molar-refractivity contribution is -0.000924. The average molecular weight is 266 g/mol. The van der Waals surface area contributed by atoms with Crippen LogP contribution in [0.25, 0.3) is 0 Å². The summed E-state index contributed by atoms with van der Waals surface area (Å²) in [5, 5.41) is 15.5. The van der Waals surface area contributed by atoms with Gasteiger partial charge in [-0.25, -0.2) is 0 Å². The third kappa shape index (κ3) is 4.98. The van der Waals surface area contributed by atoms with Crippen molar-refractivity contribution in [1.82, 2.24) is 9.78 Å². The lowest BCUT2D eigenvalue weighted by atomic mass is 9.81. The number of aromatic nitrogens is 2. The first-order chi connectivity index (χ1) is 8.75. The summed E-state index contributed by atoms with van der Waals surface area (Å²) in [6.07, 6.45) is 2.40. The van der Waals surface area contributed by atoms with Crippen LogP contribution in [0.1, 0.15) is 58.8 Å². The maximum absolute atomic E-state index is 11.0. The molecule has 0 aliphatic rings. The van der Waals surface area contributed by atoms with Crippen molar-refractivity contribution in [3.63, 3.8) is 0 Å². The van der Waals surface area contributed by atoms with E-state index in [1.165, 1.54) is 0 Å². The first kappa shape index (κ1) is 16.2. The fraction of sp³-hybridized carbons (Fsp3) is 0.812. The van der Waals surface area contributed by atoms with Crippen molar-refractivity contribution in [1.29, 1.82) is 0 Å². The predicted octanol–water partition coefficient (Wildman–Crippen LogP) is 3.58. The summed E-state index contributed by atoms with van der Waals surface area (Å²) in [6, 6.07) is 2.11. The van der Waals surface area contributed by atoms with Gasteiger partial charge in [-0.05, 0) is 44.6 Å². The van der Waals surface area contributed by atoms with Gasteiger partial charge in [-0.1, -0.05) is 27.7 Å². The smallest absolute Gasteiger partial charge is 0.0707 e. The molecule has 0 fully saturated rings. The number of hydrogen-bond donors (Lipinski definition) is 1. The summed E-state index contributed by atoms with van der Waals surface area (Å²) in [5.74, 6) is 1.01. The van der Waals surface area contributed by atoms with Crippen LogP contribution >= 0.6 is 0 Å². The van der Waals surface area contributed by atoms with Gasteiger partial charge in [-0.3, -0.25) is 4.68 Å². The van der Waals surface area contributed by atoms with Crippen LogP contribution in [0.2, 0.25) is 0 Å². The Labute approximate surface area is 118 Å². The van der Waals surface area contributed by atoms with Gasteiger partial charge in [0.1, 0.15) is 0 Å². The minimum atomic E-state index is -0.609. The SMILES string of the molecule is CCn1nc(C)cc1CC(O)(CC(C)C)CC(C)C. The minimum absolute atomic E-state index is 0.503. The third-order valence-electron chi connectivity index (χ3n) is 3.37. The number of hydrogen-bond acceptors (Lipinski definition) is 2. The van der Waals surface area contributed by atoms with E-state index in [0.29, 0.717) is 18.3 Å². The minimum Gasteiger partial charge on any atom is -0.389 e. The Bertz CT molecular complexity index is 383. The monoisotopic (exact) mass is 266 g/mol. The highest BCUT2D eigenvalue weighted by Crippen LogP contribution is 2.29. The molecule has 19 heavy (non-hydrogen) atoms. The molecule has 1 heterocycles. The largest absolute Gasteiger partial charge is 0.389 e. The van der Waals surface area contributed by atoms with Crippen molar-refractivity contribution in [2.24, 2.45) is 11.8 Å². The molecule has 0 aliphatic heterocycles. The van der Waals surface area contributed by atoms with E-state index >= 15 is 0 Å². The number of aryl methyl sites for hydroxylation is 2. The standard InChI is InChI=1S/C16H30N2O/c1-7-18-15(8-14(6)17-18)11-16(19,9-12(2)3)10-13(4)5/h8,12-13,19H,7,9-11H2,1-6H3. The topological polar surface area (TPSA) is 38.0 Å². The van der Waals surface area contributed by atoms with Gasteiger partial charge >= 0.3 is 0 Å². The van der Waals surface area contributed by atoms with Crippen molar-refractivity contribution in [2.45, 2.75) is 73.0 Å². The molecule has 1 rings (SSSR count). The van der Waals surface area contributed by atoms with Crippen molar-refractivity contribution in [2.75, 3.05) is 0 Å². The normalized spacial score (nSPS) is 12.7. The molecular formula is C16H30N2O. The molecule has 0 atom stereocenters. The lowest BCUT2D eigenvalue weighted by Gasteiger charge is -2.31. The number of nitrogens with zero attached hydrogens (tertiary/aromatic N) is 2. The Morgan fingerprint density at radius 2 is 1.74 bits per heavy atom. The average Bonchev–Trinajstić information content (AvgIpc) is 2.54. The summed E-state index contributed by atoms with van der Waals surface area (Å²) in [6.45, 7) is 13.7. The van der Waals surface area contributed by atoms with Crippen LogP contribution < -0.4 is 0 Å². The zero-order valence-electron chi connectivity index (χ0n) is 13.4. The van der Waals surface area contributed by atoms with Gasteiger partial charge in [0.2, 0.25) is 0 Å². The maximum atomic E-state index is 11.0. The van der Waals surface area contributed by atoms with Crippen LogP contribution in [0.5, 0.6) is 0 Å². The van der Waals surface area contributed by atoms with Crippen LogP contribution in [0, 0.1) is 18.8 Å². The molecule has 1 aromatic rings. The van der Waals surface area contributed by atoms with E-state index in [0.717, 1.165) is 30.8 Å². The van der Waals surface area contributed by atoms with Gasteiger partial charge in [0, 0.05) is 18.7 Å². The molecule has 3 nitrogen and oxygen atoms in total. The van der Waals surface area contributed by atoms with Crippen LogP contribution in [0.3, 0.4) is 0 Å². The molecule has 0 saturated heterocycles. The van der Waals surface area contributed by atoms with E-state index in [2.05, 4.69) is 45.8 Å². The Morgan fingerprint density at radius 1 is 1.21 bits per heavy atom. The highest BCUT2D eigenvalue weighted by molar-refractivity contribution is 5.12. The molecular weight excluding hydrogens is 236 g/mol. The summed E-state index contributed by atoms with van der Waals surface area (Å²) in [5.41, 5.74) is 1.58. The predicted molar refractivity (Wildman–Crippen MR) is 80.2 cm³/mol. The Hall–Kier alpha value is -0.830. The summed E-state index contributed by atoms with van der Waals surface area (Å²) in [4.78, 5) is 0. The van der Waals surface area contributed by atoms with Crippen LogP contribution in [-0.4, -0.2) is 20.5 Å². The number of aliphatic hydroxyl groups is 1. The third-order valence-corrected chi connectivity index (χ3v) is 3.37. The van der Waals surface area contributed by atoms with Gasteiger partial charge < -0.3 is 5.11 Å². The van der Waals surface area contributed by atoms with Crippen LogP contribution in [-0.2, 0) is 13.0 Å². The van der Waals surface area contributed by atoms with Crippen molar-refractivity contribution in [3.05, 3.63) is 17.5 Å². The van der Waals surface area contributed by atoms with E-state index in [-0.39, 0.29) is 0 Å². The molecule has 0 unspecified atom stereocenters. The molecule has 0 amide bonds. The fourth-order valence-corrected chi connectivity index (χ4v) is 3.10. The summed E-state index contributed by atoms with van der Waals surface area (Å²) < 4.78 is 2.01. The van der Waals surface area contributed by atoms with E-state index in [4.69, 9.17) is 0 Å². The molecule has 1 aromatic heterocycles. The van der Waals surface area contributed by atoms with E-state index in [1.54, 1.807) is 0 Å². The number of rotatable bonds is 7. The van der Waals surface area contributed by atoms with Gasteiger partial charge in [-0.2, -0.15) is 5.10 Å². The van der Waals surface area contributed by atoms with Crippen molar-refractivity contribution in [3.8, 4) is 0 Å². The molecule has 0 radical (unpaired) electrons. The zero-order valence-corrected chi connectivity index (χ0v) is 13.4. The first-order valence-electron chi connectivity index (χ1n) is 7.51. The van der Waals surface area contributed by atoms with E-state index in [1.807, 2.05) is 11.6 Å². The second kappa shape index (κ2) is 6.56. The van der Waals surface area contributed by atoms with Gasteiger partial charge in [0.15, 0.2) is 0 Å². The Kier molecular flexibility index (Phi) is 5.60. The summed E-state index contributed by atoms with van der Waals surface area (Å²) >= 11 is 0. The van der Waals surface area contributed by atoms with Crippen LogP contribution in [0.15, 0.2) is 6.07 Å². The van der Waals surface area contributed by atoms with E-state index in [9.17, 15) is 5.11 Å².